The van der Waals surface area contributed by atoms with Gasteiger partial charge in [0.25, 0.3) is 0 Å². The molecule has 1 aromatic rings. The minimum absolute atomic E-state index is 0.0351. The van der Waals surface area contributed by atoms with E-state index in [4.69, 9.17) is 0 Å². The van der Waals surface area contributed by atoms with Crippen molar-refractivity contribution in [2.45, 2.75) is 51.6 Å². The Labute approximate surface area is 143 Å². The molecule has 0 aromatic heterocycles. The summed E-state index contributed by atoms with van der Waals surface area (Å²) in [4.78, 5) is 26.3. The van der Waals surface area contributed by atoms with Gasteiger partial charge in [0.05, 0.1) is 0 Å². The van der Waals surface area contributed by atoms with Gasteiger partial charge in [-0.05, 0) is 63.6 Å². The standard InChI is InChI=1S/C18H26N4O2/c1-3-19-17(23)20-14-5-4-6-15(11-14)21-18(24)22(16-9-10-16)12(2)13-7-8-13/h4-6,11-13,16H,3,7-10H2,1-2H3,(H,21,24)(H2,19,20,23). The average Bonchev–Trinajstić information content (AvgIpc) is 3.41. The van der Waals surface area contributed by atoms with Crippen molar-refractivity contribution in [2.24, 2.45) is 5.92 Å². The molecule has 0 spiro atoms. The molecule has 0 saturated heterocycles. The smallest absolute Gasteiger partial charge is 0.322 e. The summed E-state index contributed by atoms with van der Waals surface area (Å²) in [6, 6.07) is 7.65. The molecule has 0 radical (unpaired) electrons. The summed E-state index contributed by atoms with van der Waals surface area (Å²) < 4.78 is 0. The van der Waals surface area contributed by atoms with Crippen molar-refractivity contribution in [3.8, 4) is 0 Å². The van der Waals surface area contributed by atoms with Gasteiger partial charge in [0.15, 0.2) is 0 Å². The van der Waals surface area contributed by atoms with Gasteiger partial charge in [-0.3, -0.25) is 0 Å². The highest BCUT2D eigenvalue weighted by molar-refractivity contribution is 5.93. The van der Waals surface area contributed by atoms with Gasteiger partial charge >= 0.3 is 12.1 Å². The van der Waals surface area contributed by atoms with E-state index in [-0.39, 0.29) is 12.1 Å². The fourth-order valence-electron chi connectivity index (χ4n) is 3.04. The lowest BCUT2D eigenvalue weighted by Gasteiger charge is -2.29. The fourth-order valence-corrected chi connectivity index (χ4v) is 3.04. The first-order valence-electron chi connectivity index (χ1n) is 8.82. The third kappa shape index (κ3) is 4.19. The molecule has 3 rings (SSSR count). The monoisotopic (exact) mass is 330 g/mol. The van der Waals surface area contributed by atoms with Gasteiger partial charge in [0.1, 0.15) is 0 Å². The van der Waals surface area contributed by atoms with E-state index in [0.717, 1.165) is 12.8 Å². The summed E-state index contributed by atoms with van der Waals surface area (Å²) in [7, 11) is 0. The zero-order valence-corrected chi connectivity index (χ0v) is 14.3. The van der Waals surface area contributed by atoms with Crippen LogP contribution in [-0.4, -0.2) is 35.6 Å². The van der Waals surface area contributed by atoms with Crippen molar-refractivity contribution < 1.29 is 9.59 Å². The van der Waals surface area contributed by atoms with Gasteiger partial charge in [0, 0.05) is 30.0 Å². The summed E-state index contributed by atoms with van der Waals surface area (Å²) in [5.74, 6) is 0.655. The number of nitrogens with one attached hydrogen (secondary N) is 3. The van der Waals surface area contributed by atoms with Crippen LogP contribution in [0, 0.1) is 5.92 Å². The van der Waals surface area contributed by atoms with Gasteiger partial charge in [-0.25, -0.2) is 9.59 Å². The molecule has 2 saturated carbocycles. The number of anilines is 2. The van der Waals surface area contributed by atoms with E-state index >= 15 is 0 Å². The van der Waals surface area contributed by atoms with E-state index in [1.807, 2.05) is 24.0 Å². The highest BCUT2D eigenvalue weighted by atomic mass is 16.2. The third-order valence-electron chi connectivity index (χ3n) is 4.63. The van der Waals surface area contributed by atoms with E-state index in [1.165, 1.54) is 12.8 Å². The van der Waals surface area contributed by atoms with Crippen LogP contribution in [0.2, 0.25) is 0 Å². The van der Waals surface area contributed by atoms with Crippen LogP contribution in [0.4, 0.5) is 21.0 Å². The molecule has 0 aliphatic heterocycles. The Hall–Kier alpha value is -2.24. The van der Waals surface area contributed by atoms with Crippen LogP contribution in [0.25, 0.3) is 0 Å². The molecule has 130 valence electrons. The molecule has 2 aliphatic carbocycles. The maximum atomic E-state index is 12.7. The molecule has 24 heavy (non-hydrogen) atoms. The molecule has 1 unspecified atom stereocenters. The van der Waals surface area contributed by atoms with Gasteiger partial charge in [-0.1, -0.05) is 6.07 Å². The summed E-state index contributed by atoms with van der Waals surface area (Å²) in [6.07, 6.45) is 4.65. The average molecular weight is 330 g/mol. The van der Waals surface area contributed by atoms with Crippen molar-refractivity contribution in [1.82, 2.24) is 10.2 Å². The summed E-state index contributed by atoms with van der Waals surface area (Å²) in [5, 5.41) is 8.43. The predicted molar refractivity (Wildman–Crippen MR) is 95.2 cm³/mol. The van der Waals surface area contributed by atoms with E-state index in [1.54, 1.807) is 12.1 Å². The molecule has 4 amide bonds. The molecule has 2 aliphatic rings. The topological polar surface area (TPSA) is 73.5 Å². The van der Waals surface area contributed by atoms with Crippen LogP contribution in [0.5, 0.6) is 0 Å². The second-order valence-electron chi connectivity index (χ2n) is 6.71. The first-order valence-corrected chi connectivity index (χ1v) is 8.82. The Kier molecular flexibility index (Phi) is 4.92. The largest absolute Gasteiger partial charge is 0.338 e. The normalized spacial score (nSPS) is 17.8. The number of urea groups is 2. The van der Waals surface area contributed by atoms with E-state index < -0.39 is 0 Å². The molecular formula is C18H26N4O2. The van der Waals surface area contributed by atoms with Gasteiger partial charge in [0.2, 0.25) is 0 Å². The first-order chi connectivity index (χ1) is 11.6. The van der Waals surface area contributed by atoms with Crippen LogP contribution < -0.4 is 16.0 Å². The minimum Gasteiger partial charge on any atom is -0.338 e. The maximum absolute atomic E-state index is 12.7. The molecule has 0 bridgehead atoms. The third-order valence-corrected chi connectivity index (χ3v) is 4.63. The Morgan fingerprint density at radius 1 is 1.17 bits per heavy atom. The van der Waals surface area contributed by atoms with E-state index in [9.17, 15) is 9.59 Å². The van der Waals surface area contributed by atoms with Gasteiger partial charge in [-0.15, -0.1) is 0 Å². The molecule has 1 aromatic carbocycles. The maximum Gasteiger partial charge on any atom is 0.322 e. The number of carbonyl (C=O) groups is 2. The van der Waals surface area contributed by atoms with Crippen LogP contribution in [0.15, 0.2) is 24.3 Å². The quantitative estimate of drug-likeness (QED) is 0.745. The zero-order chi connectivity index (χ0) is 17.1. The van der Waals surface area contributed by atoms with Gasteiger partial charge in [-0.2, -0.15) is 0 Å². The Morgan fingerprint density at radius 3 is 2.42 bits per heavy atom. The molecule has 6 heteroatoms. The van der Waals surface area contributed by atoms with Crippen LogP contribution in [-0.2, 0) is 0 Å². The van der Waals surface area contributed by atoms with E-state index in [2.05, 4.69) is 22.9 Å². The Balaban J connectivity index is 1.63. The van der Waals surface area contributed by atoms with Crippen molar-refractivity contribution in [1.29, 1.82) is 0 Å². The molecule has 6 nitrogen and oxygen atoms in total. The summed E-state index contributed by atoms with van der Waals surface area (Å²) in [5.41, 5.74) is 1.36. The SMILES string of the molecule is CCNC(=O)Nc1cccc(NC(=O)N(C2CC2)C(C)C2CC2)c1. The van der Waals surface area contributed by atoms with Crippen molar-refractivity contribution >= 4 is 23.4 Å². The number of hydrogen-bond donors (Lipinski definition) is 3. The Morgan fingerprint density at radius 2 is 1.83 bits per heavy atom. The van der Waals surface area contributed by atoms with Crippen molar-refractivity contribution in [2.75, 3.05) is 17.2 Å². The number of nitrogens with zero attached hydrogens (tertiary/aromatic N) is 1. The second kappa shape index (κ2) is 7.11. The Bertz CT molecular complexity index is 611. The minimum atomic E-state index is -0.247. The number of benzene rings is 1. The molecular weight excluding hydrogens is 304 g/mol. The lowest BCUT2D eigenvalue weighted by atomic mass is 10.2. The highest BCUT2D eigenvalue weighted by Gasteiger charge is 2.41. The molecule has 2 fully saturated rings. The van der Waals surface area contributed by atoms with Crippen LogP contribution in [0.1, 0.15) is 39.5 Å². The lowest BCUT2D eigenvalue weighted by molar-refractivity contribution is 0.180. The van der Waals surface area contributed by atoms with Gasteiger partial charge < -0.3 is 20.9 Å². The van der Waals surface area contributed by atoms with Crippen molar-refractivity contribution in [3.05, 3.63) is 24.3 Å². The van der Waals surface area contributed by atoms with E-state index in [0.29, 0.717) is 35.9 Å². The number of hydrogen-bond acceptors (Lipinski definition) is 2. The predicted octanol–water partition coefficient (Wildman–Crippen LogP) is 3.62. The highest BCUT2D eigenvalue weighted by Crippen LogP contribution is 2.40. The number of rotatable bonds is 6. The molecule has 3 N–H and O–H groups in total. The zero-order valence-electron chi connectivity index (χ0n) is 14.3. The molecule has 1 atom stereocenters. The first kappa shape index (κ1) is 16.6. The van der Waals surface area contributed by atoms with Crippen molar-refractivity contribution in [3.63, 3.8) is 0 Å². The number of amides is 4. The lowest BCUT2D eigenvalue weighted by Crippen LogP contribution is -2.44. The number of carbonyl (C=O) groups excluding carboxylic acids is 2. The van der Waals surface area contributed by atoms with Crippen LogP contribution >= 0.6 is 0 Å². The fraction of sp³-hybridized carbons (Fsp3) is 0.556. The van der Waals surface area contributed by atoms with Crippen LogP contribution in [0.3, 0.4) is 0 Å². The second-order valence-corrected chi connectivity index (χ2v) is 6.71. The summed E-state index contributed by atoms with van der Waals surface area (Å²) >= 11 is 0. The molecule has 0 heterocycles. The summed E-state index contributed by atoms with van der Waals surface area (Å²) in [6.45, 7) is 4.59.